The summed E-state index contributed by atoms with van der Waals surface area (Å²) in [5, 5.41) is 0. The van der Waals surface area contributed by atoms with E-state index in [2.05, 4.69) is 13.8 Å². The summed E-state index contributed by atoms with van der Waals surface area (Å²) < 4.78 is 10.7. The molecule has 1 heterocycles. The number of fused-ring (bicyclic) bond motifs is 3. The Morgan fingerprint density at radius 3 is 2.18 bits per heavy atom. The van der Waals surface area contributed by atoms with Gasteiger partial charge in [0, 0.05) is 34.7 Å². The molecule has 0 amide bonds. The van der Waals surface area contributed by atoms with Crippen LogP contribution in [0.15, 0.2) is 89.1 Å². The largest absolute Gasteiger partial charge is 0.497 e. The first-order chi connectivity index (χ1) is 18.3. The molecule has 190 valence electrons. The number of nitrogens with zero attached hydrogens (tertiary/aromatic N) is 1. The zero-order valence-electron chi connectivity index (χ0n) is 21.5. The van der Waals surface area contributed by atoms with Crippen LogP contribution in [-0.4, -0.2) is 30.4 Å². The minimum absolute atomic E-state index is 0.0106. The summed E-state index contributed by atoms with van der Waals surface area (Å²) in [6, 6.07) is 21.4. The van der Waals surface area contributed by atoms with Crippen molar-refractivity contribution in [3.8, 4) is 11.5 Å². The molecular weight excluding hydrogens is 478 g/mol. The lowest BCUT2D eigenvalue weighted by molar-refractivity contribution is -0.118. The highest BCUT2D eigenvalue weighted by molar-refractivity contribution is 6.30. The molecule has 38 heavy (non-hydrogen) atoms. The zero-order valence-corrected chi connectivity index (χ0v) is 21.5. The van der Waals surface area contributed by atoms with Crippen LogP contribution in [0.4, 0.5) is 0 Å². The van der Waals surface area contributed by atoms with E-state index in [1.165, 1.54) is 0 Å². The molecule has 0 unspecified atom stereocenters. The lowest BCUT2D eigenvalue weighted by Crippen LogP contribution is -2.37. The normalized spacial score (nSPS) is 21.3. The molecule has 3 aromatic rings. The van der Waals surface area contributed by atoms with Crippen LogP contribution in [0.1, 0.15) is 64.4 Å². The van der Waals surface area contributed by atoms with E-state index in [0.717, 1.165) is 22.5 Å². The van der Waals surface area contributed by atoms with Crippen molar-refractivity contribution in [2.45, 2.75) is 32.6 Å². The van der Waals surface area contributed by atoms with Gasteiger partial charge in [-0.1, -0.05) is 50.2 Å². The number of rotatable bonds is 4. The zero-order chi connectivity index (χ0) is 26.6. The molecular formula is C32H27NO5. The van der Waals surface area contributed by atoms with Gasteiger partial charge in [0.05, 0.1) is 24.3 Å². The summed E-state index contributed by atoms with van der Waals surface area (Å²) in [5.41, 5.74) is 4.70. The predicted octanol–water partition coefficient (Wildman–Crippen LogP) is 5.96. The first kappa shape index (κ1) is 24.0. The molecule has 6 rings (SSSR count). The molecule has 6 nitrogen and oxygen atoms in total. The number of Topliss-reactive ketones (excluding diaryl/α,β-unsaturated/α-hetero) is 2. The van der Waals surface area contributed by atoms with E-state index in [0.29, 0.717) is 41.0 Å². The van der Waals surface area contributed by atoms with Crippen LogP contribution in [0.25, 0.3) is 0 Å². The van der Waals surface area contributed by atoms with E-state index in [4.69, 9.17) is 14.5 Å². The minimum atomic E-state index is -0.552. The number of esters is 1. The van der Waals surface area contributed by atoms with Crippen molar-refractivity contribution >= 4 is 23.2 Å². The van der Waals surface area contributed by atoms with Crippen molar-refractivity contribution < 1.29 is 23.9 Å². The molecule has 0 N–H and O–H groups in total. The first-order valence-electron chi connectivity index (χ1n) is 12.7. The molecule has 2 atom stereocenters. The van der Waals surface area contributed by atoms with E-state index in [-0.39, 0.29) is 17.0 Å². The first-order valence-corrected chi connectivity index (χ1v) is 12.7. The van der Waals surface area contributed by atoms with Crippen molar-refractivity contribution in [2.75, 3.05) is 7.11 Å². The highest BCUT2D eigenvalue weighted by Crippen LogP contribution is 2.51. The smallest absolute Gasteiger partial charge is 0.343 e. The number of benzene rings is 3. The van der Waals surface area contributed by atoms with Crippen LogP contribution < -0.4 is 9.47 Å². The number of allylic oxidation sites excluding steroid dienone is 2. The van der Waals surface area contributed by atoms with Crippen molar-refractivity contribution in [1.82, 2.24) is 0 Å². The van der Waals surface area contributed by atoms with E-state index in [1.807, 2.05) is 36.4 Å². The fraction of sp³-hybridized carbons (Fsp3) is 0.250. The molecule has 2 aliphatic carbocycles. The van der Waals surface area contributed by atoms with Crippen LogP contribution in [0.5, 0.6) is 11.5 Å². The quantitative estimate of drug-likeness (QED) is 0.323. The maximum atomic E-state index is 13.6. The second-order valence-corrected chi connectivity index (χ2v) is 10.9. The highest BCUT2D eigenvalue weighted by atomic mass is 16.5. The van der Waals surface area contributed by atoms with Crippen LogP contribution >= 0.6 is 0 Å². The third-order valence-electron chi connectivity index (χ3n) is 7.62. The Balaban J connectivity index is 1.36. The number of hydrogen-bond acceptors (Lipinski definition) is 6. The minimum Gasteiger partial charge on any atom is -0.497 e. The number of ether oxygens (including phenoxy) is 2. The molecule has 0 aromatic heterocycles. The molecule has 0 saturated heterocycles. The maximum Gasteiger partial charge on any atom is 0.343 e. The SMILES string of the molecule is COc1ccc(C(=O)Oc2ccc([C@H]3C4=C(CC(C)(C)CC4=O)N=C4c5ccccc5C(=O)[C@H]43)cc2)cc1. The number of carbonyl (C=O) groups excluding carboxylic acids is 3. The molecule has 1 aliphatic heterocycles. The molecule has 6 heteroatoms. The monoisotopic (exact) mass is 505 g/mol. The second kappa shape index (κ2) is 8.91. The van der Waals surface area contributed by atoms with E-state index >= 15 is 0 Å². The summed E-state index contributed by atoms with van der Waals surface area (Å²) in [4.78, 5) is 44.7. The van der Waals surface area contributed by atoms with Gasteiger partial charge in [-0.3, -0.25) is 14.6 Å². The number of hydrogen-bond donors (Lipinski definition) is 0. The van der Waals surface area contributed by atoms with Crippen molar-refractivity contribution in [1.29, 1.82) is 0 Å². The summed E-state index contributed by atoms with van der Waals surface area (Å²) in [6.07, 6.45) is 1.09. The molecule has 0 bridgehead atoms. The van der Waals surface area contributed by atoms with E-state index in [9.17, 15) is 14.4 Å². The Bertz CT molecular complexity index is 1540. The number of methoxy groups -OCH3 is 1. The van der Waals surface area contributed by atoms with Gasteiger partial charge in [-0.25, -0.2) is 4.79 Å². The third-order valence-corrected chi connectivity index (χ3v) is 7.62. The van der Waals surface area contributed by atoms with Gasteiger partial charge in [0.15, 0.2) is 11.6 Å². The molecule has 0 spiro atoms. The fourth-order valence-corrected chi connectivity index (χ4v) is 5.88. The maximum absolute atomic E-state index is 13.6. The average Bonchev–Trinajstić information content (AvgIpc) is 3.19. The molecule has 3 aliphatic rings. The van der Waals surface area contributed by atoms with Gasteiger partial charge in [-0.2, -0.15) is 0 Å². The summed E-state index contributed by atoms with van der Waals surface area (Å²) in [7, 11) is 1.56. The van der Waals surface area contributed by atoms with Gasteiger partial charge in [0.2, 0.25) is 0 Å². The van der Waals surface area contributed by atoms with Gasteiger partial charge in [0.25, 0.3) is 0 Å². The summed E-state index contributed by atoms with van der Waals surface area (Å²) in [5.74, 6) is -0.406. The molecule has 3 aromatic carbocycles. The van der Waals surface area contributed by atoms with Crippen molar-refractivity contribution in [2.24, 2.45) is 16.3 Å². The van der Waals surface area contributed by atoms with Gasteiger partial charge in [-0.15, -0.1) is 0 Å². The predicted molar refractivity (Wildman–Crippen MR) is 143 cm³/mol. The Kier molecular flexibility index (Phi) is 5.64. The highest BCUT2D eigenvalue weighted by Gasteiger charge is 2.50. The van der Waals surface area contributed by atoms with E-state index < -0.39 is 17.8 Å². The van der Waals surface area contributed by atoms with E-state index in [1.54, 1.807) is 43.5 Å². The average molecular weight is 506 g/mol. The number of aliphatic imine (C=N–C) groups is 1. The van der Waals surface area contributed by atoms with Gasteiger partial charge in [0.1, 0.15) is 11.5 Å². The molecule has 0 fully saturated rings. The molecule has 0 saturated carbocycles. The third kappa shape index (κ3) is 3.97. The summed E-state index contributed by atoms with van der Waals surface area (Å²) in [6.45, 7) is 4.16. The number of ketones is 2. The van der Waals surface area contributed by atoms with Crippen LogP contribution in [0.3, 0.4) is 0 Å². The standard InChI is InChI=1S/C32H27NO5/c1-32(2)16-24-27(25(34)17-32)26(28-29(33-24)22-6-4-5-7-23(22)30(28)35)18-8-14-21(15-9-18)38-31(36)19-10-12-20(37-3)13-11-19/h4-15,26,28H,16-17H2,1-3H3/t26-,28-/m0/s1. The van der Waals surface area contributed by atoms with Gasteiger partial charge in [-0.05, 0) is 53.8 Å². The van der Waals surface area contributed by atoms with Crippen molar-refractivity contribution in [3.05, 3.63) is 106 Å². The lowest BCUT2D eigenvalue weighted by Gasteiger charge is -2.38. The van der Waals surface area contributed by atoms with Gasteiger partial charge < -0.3 is 9.47 Å². The number of carbonyl (C=O) groups is 3. The summed E-state index contributed by atoms with van der Waals surface area (Å²) >= 11 is 0. The van der Waals surface area contributed by atoms with Gasteiger partial charge >= 0.3 is 5.97 Å². The van der Waals surface area contributed by atoms with Crippen LogP contribution in [0, 0.1) is 11.3 Å². The lowest BCUT2D eigenvalue weighted by atomic mass is 9.66. The Morgan fingerprint density at radius 1 is 0.842 bits per heavy atom. The Hall–Kier alpha value is -4.32. The molecule has 0 radical (unpaired) electrons. The van der Waals surface area contributed by atoms with Crippen LogP contribution in [-0.2, 0) is 4.79 Å². The van der Waals surface area contributed by atoms with Crippen LogP contribution in [0.2, 0.25) is 0 Å². The fourth-order valence-electron chi connectivity index (χ4n) is 5.88. The van der Waals surface area contributed by atoms with Crippen molar-refractivity contribution in [3.63, 3.8) is 0 Å². The second-order valence-electron chi connectivity index (χ2n) is 10.9. The topological polar surface area (TPSA) is 82.0 Å². The Labute approximate surface area is 221 Å². The Morgan fingerprint density at radius 2 is 1.50 bits per heavy atom.